The van der Waals surface area contributed by atoms with Crippen LogP contribution in [0.2, 0.25) is 0 Å². The number of aromatic nitrogens is 1. The van der Waals surface area contributed by atoms with Gasteiger partial charge < -0.3 is 9.84 Å². The summed E-state index contributed by atoms with van der Waals surface area (Å²) in [6, 6.07) is 12.4. The van der Waals surface area contributed by atoms with E-state index in [1.165, 1.54) is 0 Å². The zero-order valence-electron chi connectivity index (χ0n) is 9.92. The van der Waals surface area contributed by atoms with E-state index in [0.717, 1.165) is 11.3 Å². The first kappa shape index (κ1) is 12.1. The smallest absolute Gasteiger partial charge is 0.220 e. The van der Waals surface area contributed by atoms with Crippen molar-refractivity contribution in [1.82, 2.24) is 4.98 Å². The molecule has 0 atom stereocenters. The SMILES string of the molecule is Cc1cc(C#N)cc(Oc2ccc(CO)cc2)n1. The predicted octanol–water partition coefficient (Wildman–Crippen LogP) is 2.55. The molecule has 18 heavy (non-hydrogen) atoms. The van der Waals surface area contributed by atoms with Crippen LogP contribution in [0.25, 0.3) is 0 Å². The van der Waals surface area contributed by atoms with Crippen molar-refractivity contribution < 1.29 is 9.84 Å². The van der Waals surface area contributed by atoms with Crippen LogP contribution in [0.1, 0.15) is 16.8 Å². The molecule has 0 radical (unpaired) electrons. The van der Waals surface area contributed by atoms with Gasteiger partial charge in [-0.1, -0.05) is 12.1 Å². The van der Waals surface area contributed by atoms with E-state index in [1.807, 2.05) is 6.92 Å². The second-order valence-corrected chi connectivity index (χ2v) is 3.85. The Hall–Kier alpha value is -2.38. The van der Waals surface area contributed by atoms with Gasteiger partial charge in [-0.15, -0.1) is 0 Å². The van der Waals surface area contributed by atoms with Gasteiger partial charge in [-0.25, -0.2) is 4.98 Å². The molecule has 0 saturated carbocycles. The number of aryl methyl sites for hydroxylation is 1. The molecule has 0 aliphatic carbocycles. The highest BCUT2D eigenvalue weighted by molar-refractivity contribution is 5.37. The van der Waals surface area contributed by atoms with Crippen LogP contribution in [0.15, 0.2) is 36.4 Å². The van der Waals surface area contributed by atoms with Gasteiger partial charge in [0.1, 0.15) is 5.75 Å². The van der Waals surface area contributed by atoms with Crippen LogP contribution in [-0.4, -0.2) is 10.1 Å². The summed E-state index contributed by atoms with van der Waals surface area (Å²) in [6.07, 6.45) is 0. The Balaban J connectivity index is 2.22. The van der Waals surface area contributed by atoms with Gasteiger partial charge >= 0.3 is 0 Å². The zero-order valence-corrected chi connectivity index (χ0v) is 9.92. The number of nitriles is 1. The Labute approximate surface area is 105 Å². The van der Waals surface area contributed by atoms with Crippen molar-refractivity contribution in [2.45, 2.75) is 13.5 Å². The topological polar surface area (TPSA) is 66.1 Å². The molecule has 4 nitrogen and oxygen atoms in total. The van der Waals surface area contributed by atoms with Crippen LogP contribution >= 0.6 is 0 Å². The lowest BCUT2D eigenvalue weighted by Gasteiger charge is -2.06. The number of benzene rings is 1. The van der Waals surface area contributed by atoms with Crippen molar-refractivity contribution in [2.75, 3.05) is 0 Å². The molecule has 0 fully saturated rings. The first-order valence-electron chi connectivity index (χ1n) is 5.47. The summed E-state index contributed by atoms with van der Waals surface area (Å²) in [4.78, 5) is 4.20. The third-order valence-electron chi connectivity index (χ3n) is 2.39. The number of aliphatic hydroxyl groups excluding tert-OH is 1. The number of aliphatic hydroxyl groups is 1. The Morgan fingerprint density at radius 1 is 1.28 bits per heavy atom. The minimum atomic E-state index is 0.00154. The van der Waals surface area contributed by atoms with Crippen molar-refractivity contribution >= 4 is 0 Å². The summed E-state index contributed by atoms with van der Waals surface area (Å²) in [5, 5.41) is 17.8. The normalized spacial score (nSPS) is 9.83. The molecule has 90 valence electrons. The molecule has 0 aliphatic rings. The van der Waals surface area contributed by atoms with Crippen molar-refractivity contribution in [3.63, 3.8) is 0 Å². The average Bonchev–Trinajstić information content (AvgIpc) is 2.39. The van der Waals surface area contributed by atoms with Crippen LogP contribution < -0.4 is 4.74 Å². The molecule has 1 aromatic carbocycles. The van der Waals surface area contributed by atoms with Gasteiger partial charge in [0.15, 0.2) is 0 Å². The Morgan fingerprint density at radius 3 is 2.61 bits per heavy atom. The lowest BCUT2D eigenvalue weighted by atomic mass is 10.2. The molecule has 1 heterocycles. The molecular weight excluding hydrogens is 228 g/mol. The van der Waals surface area contributed by atoms with Crippen molar-refractivity contribution in [3.8, 4) is 17.7 Å². The van der Waals surface area contributed by atoms with Gasteiger partial charge in [0.2, 0.25) is 5.88 Å². The van der Waals surface area contributed by atoms with Crippen LogP contribution in [0.4, 0.5) is 0 Å². The minimum absolute atomic E-state index is 0.00154. The van der Waals surface area contributed by atoms with Crippen molar-refractivity contribution in [3.05, 3.63) is 53.2 Å². The average molecular weight is 240 g/mol. The second kappa shape index (κ2) is 5.30. The summed E-state index contributed by atoms with van der Waals surface area (Å²) in [5.41, 5.74) is 2.07. The largest absolute Gasteiger partial charge is 0.439 e. The molecule has 1 aromatic heterocycles. The summed E-state index contributed by atoms with van der Waals surface area (Å²) >= 11 is 0. The number of rotatable bonds is 3. The highest BCUT2D eigenvalue weighted by Gasteiger charge is 2.02. The third kappa shape index (κ3) is 2.84. The molecule has 2 rings (SSSR count). The monoisotopic (exact) mass is 240 g/mol. The van der Waals surface area contributed by atoms with Gasteiger partial charge in [-0.3, -0.25) is 0 Å². The Kier molecular flexibility index (Phi) is 3.56. The second-order valence-electron chi connectivity index (χ2n) is 3.85. The number of pyridine rings is 1. The molecule has 0 bridgehead atoms. The van der Waals surface area contributed by atoms with Crippen LogP contribution in [0, 0.1) is 18.3 Å². The molecule has 1 N–H and O–H groups in total. The van der Waals surface area contributed by atoms with Crippen molar-refractivity contribution in [1.29, 1.82) is 5.26 Å². The molecule has 0 unspecified atom stereocenters. The van der Waals surface area contributed by atoms with E-state index >= 15 is 0 Å². The standard InChI is InChI=1S/C14H12N2O2/c1-10-6-12(8-15)7-14(16-10)18-13-4-2-11(9-17)3-5-13/h2-7,17H,9H2,1H3. The minimum Gasteiger partial charge on any atom is -0.439 e. The van der Waals surface area contributed by atoms with Gasteiger partial charge in [-0.2, -0.15) is 5.26 Å². The highest BCUT2D eigenvalue weighted by atomic mass is 16.5. The van der Waals surface area contributed by atoms with Crippen molar-refractivity contribution in [2.24, 2.45) is 0 Å². The fourth-order valence-electron chi connectivity index (χ4n) is 1.54. The molecule has 0 saturated heterocycles. The molecule has 0 amide bonds. The third-order valence-corrected chi connectivity index (χ3v) is 2.39. The molecule has 0 aliphatic heterocycles. The van der Waals surface area contributed by atoms with E-state index < -0.39 is 0 Å². The summed E-state index contributed by atoms with van der Waals surface area (Å²) in [7, 11) is 0. The predicted molar refractivity (Wildman–Crippen MR) is 66.1 cm³/mol. The van der Waals surface area contributed by atoms with E-state index in [4.69, 9.17) is 15.1 Å². The molecule has 2 aromatic rings. The fourth-order valence-corrected chi connectivity index (χ4v) is 1.54. The van der Waals surface area contributed by atoms with E-state index in [9.17, 15) is 0 Å². The van der Waals surface area contributed by atoms with Gasteiger partial charge in [-0.05, 0) is 30.7 Å². The van der Waals surface area contributed by atoms with Gasteiger partial charge in [0, 0.05) is 11.8 Å². The molecule has 0 spiro atoms. The summed E-state index contributed by atoms with van der Waals surface area (Å²) in [5.74, 6) is 1.01. The van der Waals surface area contributed by atoms with E-state index in [1.54, 1.807) is 36.4 Å². The van der Waals surface area contributed by atoms with E-state index in [-0.39, 0.29) is 6.61 Å². The Morgan fingerprint density at radius 2 is 2.00 bits per heavy atom. The summed E-state index contributed by atoms with van der Waals surface area (Å²) in [6.45, 7) is 1.81. The Bertz CT molecular complexity index is 586. The van der Waals surface area contributed by atoms with Crippen LogP contribution in [0.5, 0.6) is 11.6 Å². The zero-order chi connectivity index (χ0) is 13.0. The van der Waals surface area contributed by atoms with Gasteiger partial charge in [0.25, 0.3) is 0 Å². The first-order valence-corrected chi connectivity index (χ1v) is 5.47. The van der Waals surface area contributed by atoms with Crippen LogP contribution in [-0.2, 0) is 6.61 Å². The highest BCUT2D eigenvalue weighted by Crippen LogP contribution is 2.21. The van der Waals surface area contributed by atoms with Crippen LogP contribution in [0.3, 0.4) is 0 Å². The first-order chi connectivity index (χ1) is 8.71. The fraction of sp³-hybridized carbons (Fsp3) is 0.143. The molecule has 4 heteroatoms. The van der Waals surface area contributed by atoms with E-state index in [2.05, 4.69) is 11.1 Å². The number of hydrogen-bond donors (Lipinski definition) is 1. The maximum absolute atomic E-state index is 8.93. The quantitative estimate of drug-likeness (QED) is 0.895. The lowest BCUT2D eigenvalue weighted by Crippen LogP contribution is -1.92. The summed E-state index contributed by atoms with van der Waals surface area (Å²) < 4.78 is 5.56. The number of ether oxygens (including phenoxy) is 1. The van der Waals surface area contributed by atoms with Gasteiger partial charge in [0.05, 0.1) is 18.2 Å². The molecular formula is C14H12N2O2. The maximum atomic E-state index is 8.93. The number of nitrogens with zero attached hydrogens (tertiary/aromatic N) is 2. The number of hydrogen-bond acceptors (Lipinski definition) is 4. The van der Waals surface area contributed by atoms with E-state index in [0.29, 0.717) is 17.2 Å². The maximum Gasteiger partial charge on any atom is 0.220 e. The lowest BCUT2D eigenvalue weighted by molar-refractivity contribution is 0.281.